The molecule has 0 saturated carbocycles. The summed E-state index contributed by atoms with van der Waals surface area (Å²) in [5, 5.41) is 12.2. The number of aryl methyl sites for hydroxylation is 2. The molecule has 0 spiro atoms. The highest BCUT2D eigenvalue weighted by atomic mass is 32.1. The fourth-order valence-corrected chi connectivity index (χ4v) is 2.17. The van der Waals surface area contributed by atoms with Crippen molar-refractivity contribution in [1.82, 2.24) is 5.32 Å². The highest BCUT2D eigenvalue weighted by Crippen LogP contribution is 2.20. The van der Waals surface area contributed by atoms with Gasteiger partial charge in [0.1, 0.15) is 0 Å². The third kappa shape index (κ3) is 3.64. The van der Waals surface area contributed by atoms with Crippen LogP contribution in [0, 0.1) is 13.8 Å². The second-order valence-corrected chi connectivity index (χ2v) is 5.78. The number of carbonyl (C=O) groups is 1. The lowest BCUT2D eigenvalue weighted by atomic mass is 10.1. The Labute approximate surface area is 94.1 Å². The molecular weight excluding hydrogens is 210 g/mol. The van der Waals surface area contributed by atoms with Crippen molar-refractivity contribution in [2.75, 3.05) is 6.54 Å². The first-order valence-electron chi connectivity index (χ1n) is 4.87. The Morgan fingerprint density at radius 2 is 2.13 bits per heavy atom. The molecule has 4 heteroatoms. The van der Waals surface area contributed by atoms with E-state index in [-0.39, 0.29) is 12.5 Å². The molecule has 0 aromatic carbocycles. The fraction of sp³-hybridized carbons (Fsp3) is 0.545. The van der Waals surface area contributed by atoms with Crippen LogP contribution in [0.25, 0.3) is 0 Å². The Kier molecular flexibility index (Phi) is 3.52. The molecule has 0 aliphatic heterocycles. The zero-order chi connectivity index (χ0) is 11.6. The van der Waals surface area contributed by atoms with Crippen LogP contribution < -0.4 is 5.32 Å². The second-order valence-electron chi connectivity index (χ2n) is 4.32. The minimum Gasteiger partial charge on any atom is -0.389 e. The first-order chi connectivity index (χ1) is 6.79. The van der Waals surface area contributed by atoms with Gasteiger partial charge in [0.15, 0.2) is 0 Å². The Morgan fingerprint density at radius 3 is 2.53 bits per heavy atom. The van der Waals surface area contributed by atoms with Crippen molar-refractivity contribution in [2.45, 2.75) is 33.3 Å². The highest BCUT2D eigenvalue weighted by molar-refractivity contribution is 7.12. The van der Waals surface area contributed by atoms with E-state index in [4.69, 9.17) is 0 Å². The molecule has 1 rings (SSSR count). The van der Waals surface area contributed by atoms with Gasteiger partial charge in [-0.3, -0.25) is 4.79 Å². The summed E-state index contributed by atoms with van der Waals surface area (Å²) < 4.78 is 0. The van der Waals surface area contributed by atoms with E-state index < -0.39 is 5.60 Å². The smallest absolute Gasteiger partial charge is 0.252 e. The average molecular weight is 227 g/mol. The van der Waals surface area contributed by atoms with Crippen molar-refractivity contribution >= 4 is 17.2 Å². The number of thiophene rings is 1. The standard InChI is InChI=1S/C11H17NO2S/c1-7-5-9(8(2)15-7)10(13)12-6-11(3,4)14/h5,14H,6H2,1-4H3,(H,12,13). The summed E-state index contributed by atoms with van der Waals surface area (Å²) in [4.78, 5) is 13.9. The lowest BCUT2D eigenvalue weighted by molar-refractivity contribution is 0.0694. The monoisotopic (exact) mass is 227 g/mol. The van der Waals surface area contributed by atoms with Crippen LogP contribution in [-0.4, -0.2) is 23.2 Å². The molecule has 0 saturated heterocycles. The minimum atomic E-state index is -0.866. The third-order valence-electron chi connectivity index (χ3n) is 1.97. The van der Waals surface area contributed by atoms with Gasteiger partial charge >= 0.3 is 0 Å². The van der Waals surface area contributed by atoms with Crippen LogP contribution in [0.15, 0.2) is 6.07 Å². The van der Waals surface area contributed by atoms with Crippen molar-refractivity contribution in [3.05, 3.63) is 21.4 Å². The number of rotatable bonds is 3. The maximum absolute atomic E-state index is 11.7. The molecule has 0 bridgehead atoms. The number of hydrogen-bond donors (Lipinski definition) is 2. The molecule has 1 aromatic rings. The lowest BCUT2D eigenvalue weighted by Crippen LogP contribution is -2.38. The van der Waals surface area contributed by atoms with Crippen molar-refractivity contribution < 1.29 is 9.90 Å². The maximum Gasteiger partial charge on any atom is 0.252 e. The van der Waals surface area contributed by atoms with Crippen LogP contribution in [-0.2, 0) is 0 Å². The van der Waals surface area contributed by atoms with E-state index in [0.29, 0.717) is 5.56 Å². The maximum atomic E-state index is 11.7. The summed E-state index contributed by atoms with van der Waals surface area (Å²) in [6.45, 7) is 7.50. The molecule has 1 heterocycles. The van der Waals surface area contributed by atoms with E-state index in [1.54, 1.807) is 25.2 Å². The highest BCUT2D eigenvalue weighted by Gasteiger charge is 2.16. The van der Waals surface area contributed by atoms with Gasteiger partial charge in [0.2, 0.25) is 0 Å². The number of aliphatic hydroxyl groups is 1. The summed E-state index contributed by atoms with van der Waals surface area (Å²) in [5.74, 6) is -0.112. The summed E-state index contributed by atoms with van der Waals surface area (Å²) in [6, 6.07) is 1.87. The number of carbonyl (C=O) groups excluding carboxylic acids is 1. The molecule has 0 radical (unpaired) electrons. The van der Waals surface area contributed by atoms with Crippen molar-refractivity contribution in [3.8, 4) is 0 Å². The first-order valence-corrected chi connectivity index (χ1v) is 5.69. The Hall–Kier alpha value is -0.870. The van der Waals surface area contributed by atoms with E-state index >= 15 is 0 Å². The van der Waals surface area contributed by atoms with Gasteiger partial charge in [-0.25, -0.2) is 0 Å². The van der Waals surface area contributed by atoms with E-state index in [1.807, 2.05) is 19.9 Å². The van der Waals surface area contributed by atoms with Gasteiger partial charge in [-0.2, -0.15) is 0 Å². The predicted octanol–water partition coefficient (Wildman–Crippen LogP) is 1.87. The molecule has 0 aliphatic carbocycles. The zero-order valence-corrected chi connectivity index (χ0v) is 10.4. The average Bonchev–Trinajstić information content (AvgIpc) is 2.40. The van der Waals surface area contributed by atoms with E-state index in [2.05, 4.69) is 5.32 Å². The minimum absolute atomic E-state index is 0.112. The van der Waals surface area contributed by atoms with Crippen molar-refractivity contribution in [2.24, 2.45) is 0 Å². The lowest BCUT2D eigenvalue weighted by Gasteiger charge is -2.17. The third-order valence-corrected chi connectivity index (χ3v) is 2.93. The van der Waals surface area contributed by atoms with Crippen molar-refractivity contribution in [1.29, 1.82) is 0 Å². The Balaban J connectivity index is 2.66. The van der Waals surface area contributed by atoms with Gasteiger partial charge in [0.05, 0.1) is 11.2 Å². The molecule has 1 amide bonds. The fourth-order valence-electron chi connectivity index (χ4n) is 1.25. The molecule has 0 aliphatic rings. The van der Waals surface area contributed by atoms with E-state index in [0.717, 1.165) is 9.75 Å². The molecule has 0 atom stereocenters. The van der Waals surface area contributed by atoms with Gasteiger partial charge in [0, 0.05) is 16.3 Å². The summed E-state index contributed by atoms with van der Waals surface area (Å²) in [5.41, 5.74) is -0.156. The van der Waals surface area contributed by atoms with Gasteiger partial charge in [-0.1, -0.05) is 0 Å². The number of hydrogen-bond acceptors (Lipinski definition) is 3. The molecule has 84 valence electrons. The largest absolute Gasteiger partial charge is 0.389 e. The molecular formula is C11H17NO2S. The molecule has 1 aromatic heterocycles. The van der Waals surface area contributed by atoms with Crippen LogP contribution in [0.2, 0.25) is 0 Å². The first kappa shape index (κ1) is 12.2. The van der Waals surface area contributed by atoms with Gasteiger partial charge in [-0.15, -0.1) is 11.3 Å². The van der Waals surface area contributed by atoms with E-state index in [9.17, 15) is 9.90 Å². The SMILES string of the molecule is Cc1cc(C(=O)NCC(C)(C)O)c(C)s1. The summed E-state index contributed by atoms with van der Waals surface area (Å²) in [6.07, 6.45) is 0. The van der Waals surface area contributed by atoms with Gasteiger partial charge < -0.3 is 10.4 Å². The summed E-state index contributed by atoms with van der Waals surface area (Å²) >= 11 is 1.61. The van der Waals surface area contributed by atoms with E-state index in [1.165, 1.54) is 0 Å². The van der Waals surface area contributed by atoms with Crippen LogP contribution in [0.5, 0.6) is 0 Å². The molecule has 2 N–H and O–H groups in total. The quantitative estimate of drug-likeness (QED) is 0.828. The topological polar surface area (TPSA) is 49.3 Å². The number of amides is 1. The normalized spacial score (nSPS) is 11.5. The van der Waals surface area contributed by atoms with Gasteiger partial charge in [-0.05, 0) is 33.8 Å². The molecule has 0 unspecified atom stereocenters. The Bertz CT molecular complexity index is 363. The molecule has 0 fully saturated rings. The Morgan fingerprint density at radius 1 is 1.53 bits per heavy atom. The molecule has 15 heavy (non-hydrogen) atoms. The number of nitrogens with one attached hydrogen (secondary N) is 1. The predicted molar refractivity (Wildman–Crippen MR) is 62.4 cm³/mol. The van der Waals surface area contributed by atoms with Crippen LogP contribution in [0.3, 0.4) is 0 Å². The van der Waals surface area contributed by atoms with Gasteiger partial charge in [0.25, 0.3) is 5.91 Å². The van der Waals surface area contributed by atoms with Crippen LogP contribution >= 0.6 is 11.3 Å². The second kappa shape index (κ2) is 4.33. The molecule has 3 nitrogen and oxygen atoms in total. The van der Waals surface area contributed by atoms with Crippen molar-refractivity contribution in [3.63, 3.8) is 0 Å². The van der Waals surface area contributed by atoms with Crippen LogP contribution in [0.1, 0.15) is 34.0 Å². The zero-order valence-electron chi connectivity index (χ0n) is 9.55. The summed E-state index contributed by atoms with van der Waals surface area (Å²) in [7, 11) is 0. The van der Waals surface area contributed by atoms with Crippen LogP contribution in [0.4, 0.5) is 0 Å².